The van der Waals surface area contributed by atoms with E-state index in [0.717, 1.165) is 19.4 Å². The summed E-state index contributed by atoms with van der Waals surface area (Å²) >= 11 is 0. The third-order valence-electron chi connectivity index (χ3n) is 5.30. The second kappa shape index (κ2) is 9.14. The molecule has 6 heteroatoms. The first kappa shape index (κ1) is 18.9. The van der Waals surface area contributed by atoms with Gasteiger partial charge in [-0.1, -0.05) is 31.4 Å². The van der Waals surface area contributed by atoms with Gasteiger partial charge in [-0.2, -0.15) is 0 Å². The molecule has 0 bridgehead atoms. The lowest BCUT2D eigenvalue weighted by Gasteiger charge is -2.31. The van der Waals surface area contributed by atoms with Crippen molar-refractivity contribution in [2.24, 2.45) is 0 Å². The third kappa shape index (κ3) is 4.83. The fourth-order valence-corrected chi connectivity index (χ4v) is 3.78. The van der Waals surface area contributed by atoms with Crippen LogP contribution in [0.4, 0.5) is 5.69 Å². The quantitative estimate of drug-likeness (QED) is 0.847. The molecule has 26 heavy (non-hydrogen) atoms. The van der Waals surface area contributed by atoms with Gasteiger partial charge in [0.2, 0.25) is 5.91 Å². The third-order valence-corrected chi connectivity index (χ3v) is 5.30. The first-order valence-electron chi connectivity index (χ1n) is 9.62. The molecule has 6 nitrogen and oxygen atoms in total. The number of hydrogen-bond donors (Lipinski definition) is 2. The van der Waals surface area contributed by atoms with Gasteiger partial charge in [-0.05, 0) is 25.0 Å². The number of nitrogens with one attached hydrogen (secondary N) is 2. The van der Waals surface area contributed by atoms with Gasteiger partial charge in [-0.25, -0.2) is 0 Å². The van der Waals surface area contributed by atoms with Crippen LogP contribution >= 0.6 is 0 Å². The summed E-state index contributed by atoms with van der Waals surface area (Å²) in [5.74, 6) is -0.125. The molecule has 142 valence electrons. The summed E-state index contributed by atoms with van der Waals surface area (Å²) in [6, 6.07) is 7.59. The molecule has 0 radical (unpaired) electrons. The number of benzene rings is 1. The van der Waals surface area contributed by atoms with Crippen molar-refractivity contribution in [1.82, 2.24) is 10.2 Å². The summed E-state index contributed by atoms with van der Waals surface area (Å²) in [5.41, 5.74) is 1.14. The van der Waals surface area contributed by atoms with Gasteiger partial charge in [0.05, 0.1) is 24.5 Å². The zero-order valence-corrected chi connectivity index (χ0v) is 15.5. The molecule has 1 atom stereocenters. The molecule has 1 saturated carbocycles. The van der Waals surface area contributed by atoms with E-state index in [1.54, 1.807) is 12.1 Å². The van der Waals surface area contributed by atoms with E-state index in [0.29, 0.717) is 36.9 Å². The highest BCUT2D eigenvalue weighted by Crippen LogP contribution is 2.25. The van der Waals surface area contributed by atoms with E-state index in [2.05, 4.69) is 10.6 Å². The standard InChI is InChI=1S/C20H29N3O3/c1-23(16-7-3-2-4-8-16)20(25)17-9-5-6-10-18(17)22-19(24)13-15-14-26-12-11-21-15/h5-6,9-10,15-16,21H,2-4,7-8,11-14H2,1H3,(H,22,24). The largest absolute Gasteiger partial charge is 0.378 e. The van der Waals surface area contributed by atoms with Gasteiger partial charge in [0.1, 0.15) is 0 Å². The van der Waals surface area contributed by atoms with Crippen LogP contribution in [0, 0.1) is 0 Å². The van der Waals surface area contributed by atoms with Crippen molar-refractivity contribution in [3.63, 3.8) is 0 Å². The number of hydrogen-bond acceptors (Lipinski definition) is 4. The fraction of sp³-hybridized carbons (Fsp3) is 0.600. The Morgan fingerprint density at radius 1 is 1.23 bits per heavy atom. The van der Waals surface area contributed by atoms with E-state index < -0.39 is 0 Å². The summed E-state index contributed by atoms with van der Waals surface area (Å²) < 4.78 is 5.39. The van der Waals surface area contributed by atoms with Crippen LogP contribution in [0.3, 0.4) is 0 Å². The maximum atomic E-state index is 13.0. The Morgan fingerprint density at radius 2 is 2.00 bits per heavy atom. The molecule has 1 aromatic carbocycles. The van der Waals surface area contributed by atoms with Crippen LogP contribution in [0.5, 0.6) is 0 Å². The predicted octanol–water partition coefficient (Wildman–Crippen LogP) is 2.41. The average Bonchev–Trinajstić information content (AvgIpc) is 2.68. The predicted molar refractivity (Wildman–Crippen MR) is 101 cm³/mol. The van der Waals surface area contributed by atoms with Crippen molar-refractivity contribution in [2.75, 3.05) is 32.1 Å². The lowest BCUT2D eigenvalue weighted by Crippen LogP contribution is -2.43. The number of morpholine rings is 1. The highest BCUT2D eigenvalue weighted by Gasteiger charge is 2.25. The van der Waals surface area contributed by atoms with E-state index in [4.69, 9.17) is 4.74 Å². The maximum absolute atomic E-state index is 13.0. The molecule has 1 heterocycles. The number of anilines is 1. The van der Waals surface area contributed by atoms with Crippen molar-refractivity contribution < 1.29 is 14.3 Å². The van der Waals surface area contributed by atoms with Gasteiger partial charge < -0.3 is 20.3 Å². The Labute approximate surface area is 155 Å². The second-order valence-corrected chi connectivity index (χ2v) is 7.23. The summed E-state index contributed by atoms with van der Waals surface area (Å²) in [4.78, 5) is 27.2. The first-order chi connectivity index (χ1) is 12.6. The number of ether oxygens (including phenoxy) is 1. The number of para-hydroxylation sites is 1. The molecule has 1 aliphatic carbocycles. The van der Waals surface area contributed by atoms with Crippen molar-refractivity contribution in [3.8, 4) is 0 Å². The van der Waals surface area contributed by atoms with E-state index in [-0.39, 0.29) is 17.9 Å². The summed E-state index contributed by atoms with van der Waals surface area (Å²) in [6.45, 7) is 1.99. The van der Waals surface area contributed by atoms with Gasteiger partial charge in [0, 0.05) is 32.1 Å². The zero-order valence-electron chi connectivity index (χ0n) is 15.5. The van der Waals surface area contributed by atoms with Gasteiger partial charge in [0.15, 0.2) is 0 Å². The molecule has 0 aromatic heterocycles. The number of amides is 2. The fourth-order valence-electron chi connectivity index (χ4n) is 3.78. The number of rotatable bonds is 5. The van der Waals surface area contributed by atoms with Crippen LogP contribution in [0.1, 0.15) is 48.9 Å². The van der Waals surface area contributed by atoms with Crippen LogP contribution in [0.2, 0.25) is 0 Å². The smallest absolute Gasteiger partial charge is 0.255 e. The molecule has 1 saturated heterocycles. The van der Waals surface area contributed by atoms with Crippen molar-refractivity contribution in [1.29, 1.82) is 0 Å². The molecular formula is C20H29N3O3. The van der Waals surface area contributed by atoms with Gasteiger partial charge in [-0.15, -0.1) is 0 Å². The van der Waals surface area contributed by atoms with Gasteiger partial charge in [-0.3, -0.25) is 9.59 Å². The summed E-state index contributed by atoms with van der Waals surface area (Å²) in [6.07, 6.45) is 6.06. The normalized spacial score (nSPS) is 21.2. The highest BCUT2D eigenvalue weighted by atomic mass is 16.5. The van der Waals surface area contributed by atoms with Crippen LogP contribution in [-0.4, -0.2) is 55.6 Å². The second-order valence-electron chi connectivity index (χ2n) is 7.23. The number of nitrogens with zero attached hydrogens (tertiary/aromatic N) is 1. The summed E-state index contributed by atoms with van der Waals surface area (Å²) in [5, 5.41) is 6.19. The molecule has 2 amide bonds. The zero-order chi connectivity index (χ0) is 18.4. The van der Waals surface area contributed by atoms with Crippen molar-refractivity contribution in [3.05, 3.63) is 29.8 Å². The SMILES string of the molecule is CN(C(=O)c1ccccc1NC(=O)CC1COCCN1)C1CCCCC1. The Bertz CT molecular complexity index is 622. The monoisotopic (exact) mass is 359 g/mol. The van der Waals surface area contributed by atoms with Crippen LogP contribution in [-0.2, 0) is 9.53 Å². The maximum Gasteiger partial charge on any atom is 0.255 e. The van der Waals surface area contributed by atoms with Crippen LogP contribution in [0.25, 0.3) is 0 Å². The molecule has 2 N–H and O–H groups in total. The molecule has 2 aliphatic rings. The minimum Gasteiger partial charge on any atom is -0.378 e. The van der Waals surface area contributed by atoms with Crippen molar-refractivity contribution in [2.45, 2.75) is 50.6 Å². The molecule has 1 aliphatic heterocycles. The molecule has 1 aromatic rings. The number of carbonyl (C=O) groups excluding carboxylic acids is 2. The Hall–Kier alpha value is -1.92. The first-order valence-corrected chi connectivity index (χ1v) is 9.62. The minimum absolute atomic E-state index is 0.0214. The topological polar surface area (TPSA) is 70.7 Å². The van der Waals surface area contributed by atoms with Crippen LogP contribution < -0.4 is 10.6 Å². The van der Waals surface area contributed by atoms with Crippen LogP contribution in [0.15, 0.2) is 24.3 Å². The van der Waals surface area contributed by atoms with Crippen molar-refractivity contribution >= 4 is 17.5 Å². The van der Waals surface area contributed by atoms with E-state index in [1.165, 1.54) is 19.3 Å². The van der Waals surface area contributed by atoms with Gasteiger partial charge in [0.25, 0.3) is 5.91 Å². The average molecular weight is 359 g/mol. The van der Waals surface area contributed by atoms with Gasteiger partial charge >= 0.3 is 0 Å². The molecule has 1 unspecified atom stereocenters. The summed E-state index contributed by atoms with van der Waals surface area (Å²) in [7, 11) is 1.88. The molecular weight excluding hydrogens is 330 g/mol. The van der Waals surface area contributed by atoms with E-state index in [1.807, 2.05) is 24.1 Å². The Kier molecular flexibility index (Phi) is 6.63. The van der Waals surface area contributed by atoms with E-state index >= 15 is 0 Å². The lowest BCUT2D eigenvalue weighted by atomic mass is 9.94. The molecule has 0 spiro atoms. The molecule has 2 fully saturated rings. The Balaban J connectivity index is 1.64. The van der Waals surface area contributed by atoms with E-state index in [9.17, 15) is 9.59 Å². The lowest BCUT2D eigenvalue weighted by molar-refractivity contribution is -0.117. The molecule has 3 rings (SSSR count). The Morgan fingerprint density at radius 3 is 2.73 bits per heavy atom. The number of carbonyl (C=O) groups is 2. The highest BCUT2D eigenvalue weighted by molar-refractivity contribution is 6.03. The minimum atomic E-state index is -0.103.